The molecule has 0 spiro atoms. The maximum absolute atomic E-state index is 12.9. The minimum atomic E-state index is -0.570. The molecular formula is C28H28N2O5. The summed E-state index contributed by atoms with van der Waals surface area (Å²) in [4.78, 5) is 54.3. The summed E-state index contributed by atoms with van der Waals surface area (Å²) in [5.41, 5.74) is 4.11. The minimum absolute atomic E-state index is 0.0941. The molecule has 2 fully saturated rings. The van der Waals surface area contributed by atoms with Gasteiger partial charge in [-0.05, 0) is 74.6 Å². The monoisotopic (exact) mass is 472 g/mol. The van der Waals surface area contributed by atoms with Gasteiger partial charge in [-0.3, -0.25) is 19.2 Å². The molecular weight excluding hydrogens is 444 g/mol. The van der Waals surface area contributed by atoms with Crippen LogP contribution in [-0.4, -0.2) is 30.2 Å². The highest BCUT2D eigenvalue weighted by atomic mass is 16.5. The maximum atomic E-state index is 12.9. The molecule has 5 rings (SSSR count). The number of hydrogen-bond acceptors (Lipinski definition) is 5. The Hall–Kier alpha value is -3.74. The Morgan fingerprint density at radius 2 is 1.57 bits per heavy atom. The molecule has 3 amide bonds. The number of carbonyl (C=O) groups excluding carboxylic acids is 4. The van der Waals surface area contributed by atoms with Crippen LogP contribution in [0, 0.1) is 38.5 Å². The Labute approximate surface area is 204 Å². The average molecular weight is 473 g/mol. The fourth-order valence-electron chi connectivity index (χ4n) is 5.31. The van der Waals surface area contributed by atoms with E-state index in [0.717, 1.165) is 16.8 Å². The summed E-state index contributed by atoms with van der Waals surface area (Å²) in [5, 5.41) is 0. The number of rotatable bonds is 4. The number of amides is 3. The van der Waals surface area contributed by atoms with E-state index in [-0.39, 0.29) is 42.5 Å². The molecule has 3 aliphatic rings. The van der Waals surface area contributed by atoms with Crippen LogP contribution in [-0.2, 0) is 19.2 Å². The molecule has 1 aliphatic carbocycles. The van der Waals surface area contributed by atoms with Crippen LogP contribution < -0.4 is 14.5 Å². The van der Waals surface area contributed by atoms with Crippen molar-refractivity contribution >= 4 is 35.1 Å². The van der Waals surface area contributed by atoms with Gasteiger partial charge in [0.25, 0.3) is 0 Å². The van der Waals surface area contributed by atoms with Crippen LogP contribution >= 0.6 is 0 Å². The molecule has 180 valence electrons. The predicted octanol–water partition coefficient (Wildman–Crippen LogP) is 4.03. The SMILES string of the molecule is Cc1cc(OC(=O)[C@H]2CC(=O)N(c3cccc(C)c3C)C2)ccc1N1C(=O)[C@H]2CC=CC[C@H]2C1=O. The van der Waals surface area contributed by atoms with Gasteiger partial charge in [0.2, 0.25) is 17.7 Å². The van der Waals surface area contributed by atoms with Gasteiger partial charge in [-0.2, -0.15) is 0 Å². The van der Waals surface area contributed by atoms with Gasteiger partial charge in [-0.1, -0.05) is 24.3 Å². The standard InChI is InChI=1S/C28H28N2O5/c1-16-7-6-10-24(18(16)3)29-15-19(14-25(29)31)28(34)35-20-11-12-23(17(2)13-20)30-26(32)21-8-4-5-9-22(21)27(30)33/h4-7,10-13,19,21-22H,8-9,14-15H2,1-3H3/t19-,21-,22+/m0/s1. The second-order valence-electron chi connectivity index (χ2n) is 9.66. The highest BCUT2D eigenvalue weighted by Gasteiger charge is 2.48. The first kappa shape index (κ1) is 23.0. The van der Waals surface area contributed by atoms with E-state index < -0.39 is 11.9 Å². The van der Waals surface area contributed by atoms with E-state index in [0.29, 0.717) is 29.8 Å². The summed E-state index contributed by atoms with van der Waals surface area (Å²) < 4.78 is 5.62. The van der Waals surface area contributed by atoms with E-state index in [1.165, 1.54) is 4.90 Å². The van der Waals surface area contributed by atoms with Crippen LogP contribution in [0.25, 0.3) is 0 Å². The van der Waals surface area contributed by atoms with Crippen molar-refractivity contribution in [1.29, 1.82) is 0 Å². The van der Waals surface area contributed by atoms with Crippen LogP contribution in [0.2, 0.25) is 0 Å². The van der Waals surface area contributed by atoms with Crippen molar-refractivity contribution in [2.24, 2.45) is 17.8 Å². The Kier molecular flexibility index (Phi) is 5.79. The number of benzene rings is 2. The molecule has 0 bridgehead atoms. The molecule has 0 aromatic heterocycles. The number of allylic oxidation sites excluding steroid dienone is 2. The number of ether oxygens (including phenoxy) is 1. The average Bonchev–Trinajstić information content (AvgIpc) is 3.34. The molecule has 2 aromatic carbocycles. The molecule has 0 saturated carbocycles. The van der Waals surface area contributed by atoms with E-state index >= 15 is 0 Å². The highest BCUT2D eigenvalue weighted by molar-refractivity contribution is 6.22. The molecule has 2 aliphatic heterocycles. The zero-order chi connectivity index (χ0) is 24.9. The summed E-state index contributed by atoms with van der Waals surface area (Å²) in [6, 6.07) is 10.7. The zero-order valence-corrected chi connectivity index (χ0v) is 20.1. The lowest BCUT2D eigenvalue weighted by Gasteiger charge is -2.20. The van der Waals surface area contributed by atoms with Crippen LogP contribution in [0.4, 0.5) is 11.4 Å². The van der Waals surface area contributed by atoms with Crippen LogP contribution in [0.5, 0.6) is 5.75 Å². The van der Waals surface area contributed by atoms with Gasteiger partial charge >= 0.3 is 5.97 Å². The quantitative estimate of drug-likeness (QED) is 0.290. The zero-order valence-electron chi connectivity index (χ0n) is 20.1. The van der Waals surface area contributed by atoms with E-state index in [1.807, 2.05) is 44.2 Å². The smallest absolute Gasteiger partial charge is 0.316 e. The minimum Gasteiger partial charge on any atom is -0.426 e. The van der Waals surface area contributed by atoms with Crippen molar-refractivity contribution in [1.82, 2.24) is 0 Å². The van der Waals surface area contributed by atoms with Crippen molar-refractivity contribution in [3.8, 4) is 5.75 Å². The largest absolute Gasteiger partial charge is 0.426 e. The van der Waals surface area contributed by atoms with Crippen molar-refractivity contribution in [2.45, 2.75) is 40.0 Å². The first-order valence-corrected chi connectivity index (χ1v) is 12.0. The number of aryl methyl sites for hydroxylation is 2. The van der Waals surface area contributed by atoms with Gasteiger partial charge in [0, 0.05) is 18.7 Å². The Morgan fingerprint density at radius 1 is 0.886 bits per heavy atom. The molecule has 3 atom stereocenters. The summed E-state index contributed by atoms with van der Waals surface area (Å²) >= 11 is 0. The molecule has 7 heteroatoms. The predicted molar refractivity (Wildman–Crippen MR) is 131 cm³/mol. The molecule has 35 heavy (non-hydrogen) atoms. The highest BCUT2D eigenvalue weighted by Crippen LogP contribution is 2.39. The number of fused-ring (bicyclic) bond motifs is 1. The lowest BCUT2D eigenvalue weighted by atomic mass is 9.85. The van der Waals surface area contributed by atoms with E-state index in [4.69, 9.17) is 4.74 Å². The fourth-order valence-corrected chi connectivity index (χ4v) is 5.31. The van der Waals surface area contributed by atoms with E-state index in [2.05, 4.69) is 0 Å². The lowest BCUT2D eigenvalue weighted by molar-refractivity contribution is -0.139. The summed E-state index contributed by atoms with van der Waals surface area (Å²) in [7, 11) is 0. The number of anilines is 2. The van der Waals surface area contributed by atoms with Gasteiger partial charge < -0.3 is 9.64 Å². The molecule has 2 aromatic rings. The summed E-state index contributed by atoms with van der Waals surface area (Å²) in [6.07, 6.45) is 5.18. The van der Waals surface area contributed by atoms with Crippen LogP contribution in [0.1, 0.15) is 36.0 Å². The molecule has 2 saturated heterocycles. The van der Waals surface area contributed by atoms with Crippen molar-refractivity contribution < 1.29 is 23.9 Å². The van der Waals surface area contributed by atoms with E-state index in [9.17, 15) is 19.2 Å². The number of esters is 1. The molecule has 0 N–H and O–H groups in total. The first-order valence-electron chi connectivity index (χ1n) is 12.0. The third-order valence-corrected chi connectivity index (χ3v) is 7.46. The second kappa shape index (κ2) is 8.80. The number of imide groups is 1. The molecule has 0 unspecified atom stereocenters. The Balaban J connectivity index is 1.29. The third-order valence-electron chi connectivity index (χ3n) is 7.46. The second-order valence-corrected chi connectivity index (χ2v) is 9.66. The summed E-state index contributed by atoms with van der Waals surface area (Å²) in [5.74, 6) is -1.76. The molecule has 7 nitrogen and oxygen atoms in total. The van der Waals surface area contributed by atoms with Gasteiger partial charge in [0.1, 0.15) is 5.75 Å². The first-order chi connectivity index (χ1) is 16.8. The molecule has 0 radical (unpaired) electrons. The van der Waals surface area contributed by atoms with Crippen molar-refractivity contribution in [3.05, 3.63) is 65.2 Å². The maximum Gasteiger partial charge on any atom is 0.316 e. The van der Waals surface area contributed by atoms with Crippen LogP contribution in [0.3, 0.4) is 0 Å². The van der Waals surface area contributed by atoms with Crippen molar-refractivity contribution in [2.75, 3.05) is 16.3 Å². The number of nitrogens with zero attached hydrogens (tertiary/aromatic N) is 2. The van der Waals surface area contributed by atoms with Gasteiger partial charge in [-0.15, -0.1) is 0 Å². The molecule has 2 heterocycles. The fraction of sp³-hybridized carbons (Fsp3) is 0.357. The van der Waals surface area contributed by atoms with Crippen molar-refractivity contribution in [3.63, 3.8) is 0 Å². The topological polar surface area (TPSA) is 84.0 Å². The number of hydrogen-bond donors (Lipinski definition) is 0. The van der Waals surface area contributed by atoms with Gasteiger partial charge in [-0.25, -0.2) is 4.90 Å². The Morgan fingerprint density at radius 3 is 2.23 bits per heavy atom. The van der Waals surface area contributed by atoms with E-state index in [1.54, 1.807) is 30.0 Å². The van der Waals surface area contributed by atoms with Gasteiger partial charge in [0.15, 0.2) is 0 Å². The third kappa shape index (κ3) is 3.95. The lowest BCUT2D eigenvalue weighted by Crippen LogP contribution is -2.31. The number of carbonyl (C=O) groups is 4. The Bertz CT molecular complexity index is 1250. The van der Waals surface area contributed by atoms with Crippen LogP contribution in [0.15, 0.2) is 48.6 Å². The van der Waals surface area contributed by atoms with Gasteiger partial charge in [0.05, 0.1) is 23.4 Å². The summed E-state index contributed by atoms with van der Waals surface area (Å²) in [6.45, 7) is 6.02. The normalized spacial score (nSPS) is 23.7.